The molecule has 0 radical (unpaired) electrons. The van der Waals surface area contributed by atoms with E-state index in [-0.39, 0.29) is 12.0 Å². The van der Waals surface area contributed by atoms with Gasteiger partial charge in [-0.25, -0.2) is 9.78 Å². The van der Waals surface area contributed by atoms with E-state index in [4.69, 9.17) is 4.74 Å². The summed E-state index contributed by atoms with van der Waals surface area (Å²) in [6.07, 6.45) is 1.23. The van der Waals surface area contributed by atoms with Crippen molar-refractivity contribution in [2.45, 2.75) is 19.8 Å². The highest BCUT2D eigenvalue weighted by molar-refractivity contribution is 5.97. The van der Waals surface area contributed by atoms with Crippen LogP contribution in [0.3, 0.4) is 0 Å². The number of nitrogens with zero attached hydrogens (tertiary/aromatic N) is 3. The Bertz CT molecular complexity index is 755. The zero-order valence-corrected chi connectivity index (χ0v) is 14.0. The second-order valence-corrected chi connectivity index (χ2v) is 5.87. The first kappa shape index (κ1) is 16.3. The lowest BCUT2D eigenvalue weighted by molar-refractivity contribution is 0.0757. The quantitative estimate of drug-likeness (QED) is 0.914. The minimum Gasteiger partial charge on any atom is -0.453 e. The van der Waals surface area contributed by atoms with Gasteiger partial charge in [-0.2, -0.15) is 0 Å². The van der Waals surface area contributed by atoms with Crippen molar-refractivity contribution in [2.75, 3.05) is 33.3 Å². The van der Waals surface area contributed by atoms with Crippen LogP contribution in [-0.4, -0.2) is 65.1 Å². The van der Waals surface area contributed by atoms with E-state index in [1.165, 1.54) is 7.11 Å². The number of hydrogen-bond acceptors (Lipinski definition) is 4. The van der Waals surface area contributed by atoms with Crippen LogP contribution in [0.2, 0.25) is 0 Å². The number of aryl methyl sites for hydroxylation is 1. The topological polar surface area (TPSA) is 78.5 Å². The summed E-state index contributed by atoms with van der Waals surface area (Å²) in [5.41, 5.74) is 2.39. The predicted molar refractivity (Wildman–Crippen MR) is 90.0 cm³/mol. The maximum Gasteiger partial charge on any atom is 0.409 e. The Morgan fingerprint density at radius 3 is 2.71 bits per heavy atom. The van der Waals surface area contributed by atoms with Crippen molar-refractivity contribution >= 4 is 23.0 Å². The van der Waals surface area contributed by atoms with Crippen molar-refractivity contribution in [3.05, 3.63) is 29.6 Å². The molecule has 1 aliphatic heterocycles. The standard InChI is InChI=1S/C17H22N4O3/c1-3-15-18-13-6-5-12(11-14(13)19-15)16(22)20-7-4-8-21(10-9-20)17(23)24-2/h5-6,11H,3-4,7-10H2,1-2H3,(H,18,19). The number of ether oxygens (including phenoxy) is 1. The van der Waals surface area contributed by atoms with Crippen LogP contribution in [0.25, 0.3) is 11.0 Å². The number of benzene rings is 1. The van der Waals surface area contributed by atoms with Gasteiger partial charge in [0.15, 0.2) is 0 Å². The normalized spacial score (nSPS) is 15.4. The van der Waals surface area contributed by atoms with Crippen LogP contribution in [0.5, 0.6) is 0 Å². The Balaban J connectivity index is 1.75. The molecular weight excluding hydrogens is 308 g/mol. The molecule has 0 atom stereocenters. The Labute approximate surface area is 140 Å². The maximum absolute atomic E-state index is 12.8. The molecule has 2 aromatic rings. The molecule has 24 heavy (non-hydrogen) atoms. The lowest BCUT2D eigenvalue weighted by atomic mass is 10.1. The molecule has 7 heteroatoms. The first-order valence-electron chi connectivity index (χ1n) is 8.23. The fraction of sp³-hybridized carbons (Fsp3) is 0.471. The average Bonchev–Trinajstić information content (AvgIpc) is 2.87. The van der Waals surface area contributed by atoms with Crippen molar-refractivity contribution in [1.29, 1.82) is 0 Å². The van der Waals surface area contributed by atoms with Gasteiger partial charge in [0.05, 0.1) is 18.1 Å². The van der Waals surface area contributed by atoms with Gasteiger partial charge < -0.3 is 19.5 Å². The van der Waals surface area contributed by atoms with Gasteiger partial charge in [0.2, 0.25) is 0 Å². The van der Waals surface area contributed by atoms with E-state index < -0.39 is 0 Å². The molecule has 0 unspecified atom stereocenters. The van der Waals surface area contributed by atoms with Gasteiger partial charge in [-0.1, -0.05) is 6.92 Å². The highest BCUT2D eigenvalue weighted by atomic mass is 16.5. The second kappa shape index (κ2) is 6.90. The van der Waals surface area contributed by atoms with Gasteiger partial charge in [0.25, 0.3) is 5.91 Å². The summed E-state index contributed by atoms with van der Waals surface area (Å²) < 4.78 is 4.76. The van der Waals surface area contributed by atoms with Crippen molar-refractivity contribution in [2.24, 2.45) is 0 Å². The molecule has 0 aliphatic carbocycles. The third-order valence-electron chi connectivity index (χ3n) is 4.33. The van der Waals surface area contributed by atoms with Crippen LogP contribution in [-0.2, 0) is 11.2 Å². The SMILES string of the molecule is CCc1nc2ccc(C(=O)N3CCCN(C(=O)OC)CC3)cc2[nH]1. The Morgan fingerprint density at radius 1 is 1.21 bits per heavy atom. The number of H-pyrrole nitrogens is 1. The largest absolute Gasteiger partial charge is 0.453 e. The summed E-state index contributed by atoms with van der Waals surface area (Å²) in [4.78, 5) is 35.5. The number of carbonyl (C=O) groups is 2. The summed E-state index contributed by atoms with van der Waals surface area (Å²) in [6.45, 7) is 4.28. The smallest absolute Gasteiger partial charge is 0.409 e. The monoisotopic (exact) mass is 330 g/mol. The lowest BCUT2D eigenvalue weighted by Gasteiger charge is -2.21. The van der Waals surface area contributed by atoms with Crippen LogP contribution in [0.1, 0.15) is 29.5 Å². The number of aromatic nitrogens is 2. The number of nitrogens with one attached hydrogen (secondary N) is 1. The fourth-order valence-electron chi connectivity index (χ4n) is 2.98. The minimum atomic E-state index is -0.338. The Morgan fingerprint density at radius 2 is 1.96 bits per heavy atom. The number of aromatic amines is 1. The van der Waals surface area contributed by atoms with E-state index in [0.29, 0.717) is 31.7 Å². The van der Waals surface area contributed by atoms with Gasteiger partial charge >= 0.3 is 6.09 Å². The Hall–Kier alpha value is -2.57. The molecule has 2 amide bonds. The number of hydrogen-bond donors (Lipinski definition) is 1. The molecule has 1 aromatic carbocycles. The summed E-state index contributed by atoms with van der Waals surface area (Å²) in [7, 11) is 1.38. The van der Waals surface area contributed by atoms with E-state index in [1.54, 1.807) is 9.80 Å². The molecule has 1 fully saturated rings. The first-order valence-corrected chi connectivity index (χ1v) is 8.23. The molecule has 3 rings (SSSR count). The van der Waals surface area contributed by atoms with E-state index in [0.717, 1.165) is 29.7 Å². The number of carbonyl (C=O) groups excluding carboxylic acids is 2. The maximum atomic E-state index is 12.8. The number of imidazole rings is 1. The number of rotatable bonds is 2. The summed E-state index contributed by atoms with van der Waals surface area (Å²) in [5, 5.41) is 0. The van der Waals surface area contributed by atoms with E-state index in [1.807, 2.05) is 25.1 Å². The predicted octanol–water partition coefficient (Wildman–Crippen LogP) is 2.04. The second-order valence-electron chi connectivity index (χ2n) is 5.87. The molecule has 1 aromatic heterocycles. The van der Waals surface area contributed by atoms with Crippen molar-refractivity contribution in [1.82, 2.24) is 19.8 Å². The van der Waals surface area contributed by atoms with Crippen molar-refractivity contribution < 1.29 is 14.3 Å². The van der Waals surface area contributed by atoms with Gasteiger partial charge in [-0.05, 0) is 24.6 Å². The highest BCUT2D eigenvalue weighted by Crippen LogP contribution is 2.17. The number of methoxy groups -OCH3 is 1. The van der Waals surface area contributed by atoms with Crippen LogP contribution in [0.15, 0.2) is 18.2 Å². The zero-order chi connectivity index (χ0) is 17.1. The molecule has 0 saturated carbocycles. The molecule has 0 spiro atoms. The van der Waals surface area contributed by atoms with Crippen LogP contribution in [0, 0.1) is 0 Å². The minimum absolute atomic E-state index is 0.0173. The van der Waals surface area contributed by atoms with Gasteiger partial charge in [-0.3, -0.25) is 4.79 Å². The highest BCUT2D eigenvalue weighted by Gasteiger charge is 2.23. The summed E-state index contributed by atoms with van der Waals surface area (Å²) >= 11 is 0. The van der Waals surface area contributed by atoms with Crippen LogP contribution < -0.4 is 0 Å². The van der Waals surface area contributed by atoms with E-state index >= 15 is 0 Å². The van der Waals surface area contributed by atoms with E-state index in [9.17, 15) is 9.59 Å². The molecule has 0 bridgehead atoms. The van der Waals surface area contributed by atoms with Crippen molar-refractivity contribution in [3.8, 4) is 0 Å². The fourth-order valence-corrected chi connectivity index (χ4v) is 2.98. The molecule has 1 N–H and O–H groups in total. The van der Waals surface area contributed by atoms with Gasteiger partial charge in [-0.15, -0.1) is 0 Å². The van der Waals surface area contributed by atoms with E-state index in [2.05, 4.69) is 9.97 Å². The molecule has 128 valence electrons. The summed E-state index contributed by atoms with van der Waals surface area (Å²) in [5.74, 6) is 0.898. The third-order valence-corrected chi connectivity index (χ3v) is 4.33. The van der Waals surface area contributed by atoms with Gasteiger partial charge in [0.1, 0.15) is 5.82 Å². The number of amides is 2. The molecular formula is C17H22N4O3. The summed E-state index contributed by atoms with van der Waals surface area (Å²) in [6, 6.07) is 5.54. The van der Waals surface area contributed by atoms with Crippen LogP contribution >= 0.6 is 0 Å². The zero-order valence-electron chi connectivity index (χ0n) is 14.0. The lowest BCUT2D eigenvalue weighted by Crippen LogP contribution is -2.37. The van der Waals surface area contributed by atoms with Gasteiger partial charge in [0, 0.05) is 38.2 Å². The molecule has 2 heterocycles. The first-order chi connectivity index (χ1) is 11.6. The number of fused-ring (bicyclic) bond motifs is 1. The van der Waals surface area contributed by atoms with Crippen LogP contribution in [0.4, 0.5) is 4.79 Å². The molecule has 7 nitrogen and oxygen atoms in total. The third kappa shape index (κ3) is 3.20. The molecule has 1 saturated heterocycles. The average molecular weight is 330 g/mol. The van der Waals surface area contributed by atoms with Crippen molar-refractivity contribution in [3.63, 3.8) is 0 Å². The molecule has 1 aliphatic rings. The Kier molecular flexibility index (Phi) is 4.69.